The lowest BCUT2D eigenvalue weighted by atomic mass is 10.1. The van der Waals surface area contributed by atoms with Gasteiger partial charge in [-0.1, -0.05) is 13.8 Å². The van der Waals surface area contributed by atoms with Gasteiger partial charge in [0.15, 0.2) is 11.6 Å². The maximum atomic E-state index is 5.83. The zero-order valence-corrected chi connectivity index (χ0v) is 13.6. The molecular weight excluding hydrogens is 284 g/mol. The number of thiophene rings is 1. The normalized spacial score (nSPS) is 15.7. The Kier molecular flexibility index (Phi) is 4.10. The van der Waals surface area contributed by atoms with Gasteiger partial charge in [0.2, 0.25) is 0 Å². The van der Waals surface area contributed by atoms with Crippen LogP contribution < -0.4 is 11.3 Å². The smallest absolute Gasteiger partial charge is 0.161 e. The molecule has 0 amide bonds. The number of nitrogen functional groups attached to an aromatic ring is 1. The molecular formula is C15H22N4OS. The molecule has 1 unspecified atom stereocenters. The molecule has 0 aliphatic heterocycles. The molecule has 0 bridgehead atoms. The van der Waals surface area contributed by atoms with Gasteiger partial charge < -0.3 is 10.2 Å². The van der Waals surface area contributed by atoms with E-state index in [0.29, 0.717) is 12.5 Å². The minimum absolute atomic E-state index is 0.0940. The number of nitrogens with zero attached hydrogens (tertiary/aromatic N) is 2. The van der Waals surface area contributed by atoms with Crippen molar-refractivity contribution in [1.82, 2.24) is 9.97 Å². The van der Waals surface area contributed by atoms with E-state index >= 15 is 0 Å². The van der Waals surface area contributed by atoms with Crippen LogP contribution >= 0.6 is 11.3 Å². The molecule has 5 nitrogen and oxygen atoms in total. The fraction of sp³-hybridized carbons (Fsp3) is 0.600. The summed E-state index contributed by atoms with van der Waals surface area (Å²) in [5, 5.41) is 1.11. The number of rotatable bonds is 5. The Morgan fingerprint density at radius 3 is 2.81 bits per heavy atom. The van der Waals surface area contributed by atoms with E-state index in [4.69, 9.17) is 15.6 Å². The summed E-state index contributed by atoms with van der Waals surface area (Å²) in [6.45, 7) is 6.89. The Labute approximate surface area is 128 Å². The molecule has 1 aliphatic carbocycles. The van der Waals surface area contributed by atoms with Gasteiger partial charge in [-0.2, -0.15) is 0 Å². The Bertz CT molecular complexity index is 653. The Hall–Kier alpha value is -1.24. The molecule has 3 N–H and O–H groups in total. The lowest BCUT2D eigenvalue weighted by Gasteiger charge is -2.20. The van der Waals surface area contributed by atoms with E-state index in [-0.39, 0.29) is 6.10 Å². The van der Waals surface area contributed by atoms with Gasteiger partial charge in [-0.3, -0.25) is 0 Å². The standard InChI is InChI=1S/C15H22N4OS/c1-4-20-12(8(2)3)14-17-13(19-16)11-9-6-5-7-10(9)21-15(11)18-14/h8,12H,4-7,16H2,1-3H3,(H,17,18,19). The monoisotopic (exact) mass is 306 g/mol. The number of hydrogen-bond donors (Lipinski definition) is 2. The number of aromatic nitrogens is 2. The third kappa shape index (κ3) is 2.52. The number of nitrogens with two attached hydrogens (primary N) is 1. The number of ether oxygens (including phenoxy) is 1. The van der Waals surface area contributed by atoms with Crippen LogP contribution in [0, 0.1) is 5.92 Å². The summed E-state index contributed by atoms with van der Waals surface area (Å²) in [5.41, 5.74) is 4.14. The number of hydrogen-bond acceptors (Lipinski definition) is 6. The molecule has 2 heterocycles. The van der Waals surface area contributed by atoms with Crippen LogP contribution in [0.1, 0.15) is 49.6 Å². The van der Waals surface area contributed by atoms with E-state index in [0.717, 1.165) is 34.7 Å². The molecule has 0 spiro atoms. The van der Waals surface area contributed by atoms with Gasteiger partial charge in [0.25, 0.3) is 0 Å². The zero-order valence-electron chi connectivity index (χ0n) is 12.8. The van der Waals surface area contributed by atoms with E-state index in [2.05, 4.69) is 24.3 Å². The molecule has 114 valence electrons. The van der Waals surface area contributed by atoms with E-state index in [1.165, 1.54) is 16.9 Å². The first-order chi connectivity index (χ1) is 10.2. The highest BCUT2D eigenvalue weighted by atomic mass is 32.1. The maximum Gasteiger partial charge on any atom is 0.161 e. The van der Waals surface area contributed by atoms with Crippen LogP contribution in [-0.2, 0) is 17.6 Å². The molecule has 6 heteroatoms. The van der Waals surface area contributed by atoms with Crippen LogP contribution in [0.15, 0.2) is 0 Å². The first-order valence-electron chi connectivity index (χ1n) is 7.56. The van der Waals surface area contributed by atoms with E-state index in [1.807, 2.05) is 6.92 Å². The highest BCUT2D eigenvalue weighted by Crippen LogP contribution is 2.40. The molecule has 2 aromatic heterocycles. The van der Waals surface area contributed by atoms with E-state index in [9.17, 15) is 0 Å². The SMILES string of the molecule is CCOC(c1nc(NN)c2c3c(sc2n1)CCC3)C(C)C. The number of aryl methyl sites for hydroxylation is 2. The summed E-state index contributed by atoms with van der Waals surface area (Å²) in [4.78, 5) is 11.9. The molecule has 21 heavy (non-hydrogen) atoms. The molecule has 1 aliphatic rings. The van der Waals surface area contributed by atoms with Crippen molar-refractivity contribution in [3.05, 3.63) is 16.3 Å². The highest BCUT2D eigenvalue weighted by molar-refractivity contribution is 7.19. The van der Waals surface area contributed by atoms with Gasteiger partial charge in [-0.25, -0.2) is 15.8 Å². The summed E-state index contributed by atoms with van der Waals surface area (Å²) < 4.78 is 5.83. The second-order valence-corrected chi connectivity index (χ2v) is 6.82. The number of fused-ring (bicyclic) bond motifs is 3. The van der Waals surface area contributed by atoms with Crippen molar-refractivity contribution in [1.29, 1.82) is 0 Å². The lowest BCUT2D eigenvalue weighted by Crippen LogP contribution is -2.17. The Morgan fingerprint density at radius 1 is 1.33 bits per heavy atom. The summed E-state index contributed by atoms with van der Waals surface area (Å²) in [5.74, 6) is 7.50. The molecule has 1 atom stereocenters. The van der Waals surface area contributed by atoms with Crippen LogP contribution in [0.4, 0.5) is 5.82 Å². The van der Waals surface area contributed by atoms with Crippen LogP contribution in [0.3, 0.4) is 0 Å². The van der Waals surface area contributed by atoms with E-state index in [1.54, 1.807) is 11.3 Å². The Morgan fingerprint density at radius 2 is 2.14 bits per heavy atom. The molecule has 0 saturated carbocycles. The average molecular weight is 306 g/mol. The van der Waals surface area contributed by atoms with Gasteiger partial charge in [0, 0.05) is 11.5 Å². The maximum absolute atomic E-state index is 5.83. The van der Waals surface area contributed by atoms with Gasteiger partial charge in [-0.05, 0) is 37.7 Å². The zero-order chi connectivity index (χ0) is 15.0. The fourth-order valence-electron chi connectivity index (χ4n) is 2.99. The van der Waals surface area contributed by atoms with Crippen molar-refractivity contribution in [3.63, 3.8) is 0 Å². The second kappa shape index (κ2) is 5.87. The largest absolute Gasteiger partial charge is 0.370 e. The quantitative estimate of drug-likeness (QED) is 0.655. The molecule has 0 saturated heterocycles. The van der Waals surface area contributed by atoms with Gasteiger partial charge in [0.05, 0.1) is 5.39 Å². The lowest BCUT2D eigenvalue weighted by molar-refractivity contribution is 0.0236. The summed E-state index contributed by atoms with van der Waals surface area (Å²) in [6, 6.07) is 0. The van der Waals surface area contributed by atoms with Gasteiger partial charge >= 0.3 is 0 Å². The molecule has 0 aromatic carbocycles. The van der Waals surface area contributed by atoms with Crippen molar-refractivity contribution < 1.29 is 4.74 Å². The van der Waals surface area contributed by atoms with Gasteiger partial charge in [-0.15, -0.1) is 11.3 Å². The predicted octanol–water partition coefficient (Wildman–Crippen LogP) is 3.20. The van der Waals surface area contributed by atoms with Crippen LogP contribution in [0.2, 0.25) is 0 Å². The number of anilines is 1. The van der Waals surface area contributed by atoms with Crippen molar-refractivity contribution in [2.45, 2.75) is 46.1 Å². The van der Waals surface area contributed by atoms with Crippen molar-refractivity contribution in [2.24, 2.45) is 11.8 Å². The molecule has 0 radical (unpaired) electrons. The van der Waals surface area contributed by atoms with Gasteiger partial charge in [0.1, 0.15) is 10.9 Å². The first kappa shape index (κ1) is 14.7. The molecule has 0 fully saturated rings. The van der Waals surface area contributed by atoms with Crippen molar-refractivity contribution in [3.8, 4) is 0 Å². The van der Waals surface area contributed by atoms with Crippen LogP contribution in [-0.4, -0.2) is 16.6 Å². The minimum Gasteiger partial charge on any atom is -0.370 e. The van der Waals surface area contributed by atoms with Crippen molar-refractivity contribution >= 4 is 27.4 Å². The number of hydrazine groups is 1. The summed E-state index contributed by atoms with van der Waals surface area (Å²) in [6.07, 6.45) is 3.38. The second-order valence-electron chi connectivity index (χ2n) is 5.73. The molecule has 3 rings (SSSR count). The van der Waals surface area contributed by atoms with Crippen molar-refractivity contribution in [2.75, 3.05) is 12.0 Å². The first-order valence-corrected chi connectivity index (χ1v) is 8.37. The Balaban J connectivity index is 2.13. The highest BCUT2D eigenvalue weighted by Gasteiger charge is 2.25. The summed E-state index contributed by atoms with van der Waals surface area (Å²) >= 11 is 1.78. The average Bonchev–Trinajstić information content (AvgIpc) is 3.03. The minimum atomic E-state index is -0.0940. The topological polar surface area (TPSA) is 73.1 Å². The van der Waals surface area contributed by atoms with E-state index < -0.39 is 0 Å². The van der Waals surface area contributed by atoms with Crippen LogP contribution in [0.5, 0.6) is 0 Å². The summed E-state index contributed by atoms with van der Waals surface area (Å²) in [7, 11) is 0. The third-order valence-corrected chi connectivity index (χ3v) is 5.11. The predicted molar refractivity (Wildman–Crippen MR) is 86.5 cm³/mol. The third-order valence-electron chi connectivity index (χ3n) is 3.92. The number of nitrogens with one attached hydrogen (secondary N) is 1. The van der Waals surface area contributed by atoms with Crippen LogP contribution in [0.25, 0.3) is 10.2 Å². The fourth-order valence-corrected chi connectivity index (χ4v) is 4.26. The molecule has 2 aromatic rings.